The summed E-state index contributed by atoms with van der Waals surface area (Å²) < 4.78 is 44.8. The van der Waals surface area contributed by atoms with E-state index in [1.54, 1.807) is 0 Å². The Bertz CT molecular complexity index is 943. The van der Waals surface area contributed by atoms with Crippen LogP contribution in [0.3, 0.4) is 0 Å². The number of primary amides is 1. The van der Waals surface area contributed by atoms with Crippen LogP contribution in [0.2, 0.25) is 0 Å². The van der Waals surface area contributed by atoms with E-state index in [-0.39, 0.29) is 19.2 Å². The molecule has 4 fully saturated rings. The first-order chi connectivity index (χ1) is 15.4. The molecule has 0 heterocycles. The van der Waals surface area contributed by atoms with Crippen LogP contribution in [-0.4, -0.2) is 46.7 Å². The van der Waals surface area contributed by atoms with Gasteiger partial charge in [0.25, 0.3) is 0 Å². The molecule has 2 bridgehead atoms. The summed E-state index contributed by atoms with van der Waals surface area (Å²) in [5.41, 5.74) is 3.50. The van der Waals surface area contributed by atoms with Crippen molar-refractivity contribution in [2.75, 3.05) is 6.54 Å². The highest BCUT2D eigenvalue weighted by atomic mass is 19.4. The fourth-order valence-corrected chi connectivity index (χ4v) is 5.04. The van der Waals surface area contributed by atoms with Crippen molar-refractivity contribution in [3.05, 3.63) is 35.4 Å². The average molecular weight is 468 g/mol. The quantitative estimate of drug-likeness (QED) is 0.544. The summed E-state index contributed by atoms with van der Waals surface area (Å²) >= 11 is 0. The molecular formula is C22H27F3N4O4. The number of urea groups is 1. The van der Waals surface area contributed by atoms with E-state index < -0.39 is 40.8 Å². The van der Waals surface area contributed by atoms with Gasteiger partial charge in [0.05, 0.1) is 23.2 Å². The Morgan fingerprint density at radius 1 is 1.24 bits per heavy atom. The number of alkyl carbamates (subject to hydrolysis) is 1. The number of nitrogens with one attached hydrogen (secondary N) is 2. The molecule has 4 aliphatic rings. The van der Waals surface area contributed by atoms with Crippen LogP contribution in [-0.2, 0) is 22.3 Å². The molecule has 0 aliphatic heterocycles. The van der Waals surface area contributed by atoms with E-state index in [2.05, 4.69) is 10.6 Å². The Balaban J connectivity index is 1.43. The molecular weight excluding hydrogens is 441 g/mol. The number of nitrogens with zero attached hydrogens (tertiary/aromatic N) is 1. The zero-order valence-corrected chi connectivity index (χ0v) is 18.2. The molecule has 4 aliphatic carbocycles. The van der Waals surface area contributed by atoms with Gasteiger partial charge in [0.1, 0.15) is 6.10 Å². The Kier molecular flexibility index (Phi) is 5.69. The number of halogens is 3. The number of amides is 4. The molecule has 0 saturated heterocycles. The highest BCUT2D eigenvalue weighted by Gasteiger charge is 2.72. The fourth-order valence-electron chi connectivity index (χ4n) is 5.04. The van der Waals surface area contributed by atoms with Gasteiger partial charge in [-0.25, -0.2) is 9.59 Å². The maximum atomic E-state index is 13.1. The molecule has 0 unspecified atom stereocenters. The van der Waals surface area contributed by atoms with Gasteiger partial charge in [0, 0.05) is 6.54 Å². The molecule has 0 aromatic heterocycles. The summed E-state index contributed by atoms with van der Waals surface area (Å²) in [4.78, 5) is 37.7. The summed E-state index contributed by atoms with van der Waals surface area (Å²) in [7, 11) is 0. The second kappa shape index (κ2) is 8.11. The molecule has 11 heteroatoms. The van der Waals surface area contributed by atoms with Crippen molar-refractivity contribution < 1.29 is 32.3 Å². The average Bonchev–Trinajstić information content (AvgIpc) is 3.51. The topological polar surface area (TPSA) is 114 Å². The summed E-state index contributed by atoms with van der Waals surface area (Å²) in [6, 6.07) is 3.93. The van der Waals surface area contributed by atoms with Crippen molar-refractivity contribution in [2.24, 2.45) is 11.7 Å². The number of carbonyl (C=O) groups is 3. The van der Waals surface area contributed by atoms with Crippen molar-refractivity contribution >= 4 is 18.0 Å². The van der Waals surface area contributed by atoms with Gasteiger partial charge in [-0.2, -0.15) is 13.2 Å². The van der Waals surface area contributed by atoms with Crippen LogP contribution in [0.25, 0.3) is 0 Å². The molecule has 5 rings (SSSR count). The monoisotopic (exact) mass is 468 g/mol. The third kappa shape index (κ3) is 4.86. The number of benzene rings is 1. The van der Waals surface area contributed by atoms with Crippen molar-refractivity contribution in [1.29, 1.82) is 0 Å². The van der Waals surface area contributed by atoms with Gasteiger partial charge >= 0.3 is 18.3 Å². The zero-order valence-electron chi connectivity index (χ0n) is 18.2. The Morgan fingerprint density at radius 2 is 1.91 bits per heavy atom. The van der Waals surface area contributed by atoms with E-state index in [1.165, 1.54) is 17.0 Å². The molecule has 1 atom stereocenters. The summed E-state index contributed by atoms with van der Waals surface area (Å²) in [6.45, 7) is 1.45. The number of rotatable bonds is 8. The van der Waals surface area contributed by atoms with E-state index in [4.69, 9.17) is 10.5 Å². The van der Waals surface area contributed by atoms with Crippen LogP contribution in [0, 0.1) is 5.92 Å². The highest BCUT2D eigenvalue weighted by molar-refractivity contribution is 5.84. The van der Waals surface area contributed by atoms with Gasteiger partial charge in [-0.1, -0.05) is 12.1 Å². The first-order valence-electron chi connectivity index (χ1n) is 10.9. The predicted molar refractivity (Wildman–Crippen MR) is 111 cm³/mol. The van der Waals surface area contributed by atoms with Gasteiger partial charge in [-0.15, -0.1) is 0 Å². The van der Waals surface area contributed by atoms with E-state index in [0.717, 1.165) is 25.0 Å². The number of alkyl halides is 3. The van der Waals surface area contributed by atoms with Crippen molar-refractivity contribution in [3.63, 3.8) is 0 Å². The number of hydrogen-bond donors (Lipinski definition) is 3. The fraction of sp³-hybridized carbons (Fsp3) is 0.591. The lowest BCUT2D eigenvalue weighted by Gasteiger charge is -2.73. The molecule has 1 aromatic carbocycles. The van der Waals surface area contributed by atoms with E-state index in [1.807, 2.05) is 6.92 Å². The summed E-state index contributed by atoms with van der Waals surface area (Å²) in [5, 5.41) is 5.14. The first-order valence-corrected chi connectivity index (χ1v) is 10.9. The largest absolute Gasteiger partial charge is 0.446 e. The van der Waals surface area contributed by atoms with Gasteiger partial charge in [-0.3, -0.25) is 4.79 Å². The standard InChI is InChI=1S/C22H27F3N4O4/c1-13(15-5-6-15)33-19(32)28-20-10-21(11-20,12-20)29(17(30)8-27-18(26)31)9-14-3-2-4-16(7-14)22(23,24)25/h2-4,7,13,15H,5-6,8-12H2,1H3,(H,28,32)(H3,26,27,31)/t13-,20?,21?/m1/s1. The third-order valence-corrected chi connectivity index (χ3v) is 6.83. The Morgan fingerprint density at radius 3 is 2.48 bits per heavy atom. The van der Waals surface area contributed by atoms with Gasteiger partial charge < -0.3 is 26.0 Å². The Hall–Kier alpha value is -2.98. The van der Waals surface area contributed by atoms with Crippen molar-refractivity contribution in [2.45, 2.75) is 68.9 Å². The van der Waals surface area contributed by atoms with Crippen LogP contribution < -0.4 is 16.4 Å². The maximum Gasteiger partial charge on any atom is 0.416 e. The molecule has 180 valence electrons. The van der Waals surface area contributed by atoms with Crippen LogP contribution in [0.4, 0.5) is 22.8 Å². The van der Waals surface area contributed by atoms with Gasteiger partial charge in [-0.05, 0) is 62.6 Å². The van der Waals surface area contributed by atoms with E-state index >= 15 is 0 Å². The molecule has 4 saturated carbocycles. The molecule has 4 N–H and O–H groups in total. The lowest BCUT2D eigenvalue weighted by atomic mass is 9.43. The zero-order chi connectivity index (χ0) is 24.0. The molecule has 8 nitrogen and oxygen atoms in total. The molecule has 0 radical (unpaired) electrons. The minimum atomic E-state index is -4.50. The van der Waals surface area contributed by atoms with Gasteiger partial charge in [0.15, 0.2) is 0 Å². The molecule has 0 spiro atoms. The van der Waals surface area contributed by atoms with Crippen LogP contribution >= 0.6 is 0 Å². The second-order valence-electron chi connectivity index (χ2n) is 9.50. The molecule has 1 aromatic rings. The van der Waals surface area contributed by atoms with E-state index in [9.17, 15) is 27.6 Å². The normalized spacial score (nSPS) is 26.3. The third-order valence-electron chi connectivity index (χ3n) is 6.83. The smallest absolute Gasteiger partial charge is 0.416 e. The SMILES string of the molecule is C[C@@H](OC(=O)NC12CC(N(Cc3cccc(C(F)(F)F)c3)C(=O)CNC(N)=O)(C1)C2)C1CC1. The van der Waals surface area contributed by atoms with Crippen molar-refractivity contribution in [1.82, 2.24) is 15.5 Å². The molecule has 4 amide bonds. The lowest BCUT2D eigenvalue weighted by molar-refractivity contribution is -0.189. The van der Waals surface area contributed by atoms with Gasteiger partial charge in [0.2, 0.25) is 5.91 Å². The maximum absolute atomic E-state index is 13.1. The number of hydrogen-bond acceptors (Lipinski definition) is 4. The van der Waals surface area contributed by atoms with Crippen LogP contribution in [0.1, 0.15) is 50.2 Å². The van der Waals surface area contributed by atoms with Crippen molar-refractivity contribution in [3.8, 4) is 0 Å². The number of ether oxygens (including phenoxy) is 1. The van der Waals surface area contributed by atoms with Crippen LogP contribution in [0.5, 0.6) is 0 Å². The number of carbonyl (C=O) groups excluding carboxylic acids is 3. The molecule has 33 heavy (non-hydrogen) atoms. The first kappa shape index (κ1) is 23.2. The van der Waals surface area contributed by atoms with Crippen LogP contribution in [0.15, 0.2) is 24.3 Å². The predicted octanol–water partition coefficient (Wildman–Crippen LogP) is 2.90. The number of nitrogens with two attached hydrogens (primary N) is 1. The summed E-state index contributed by atoms with van der Waals surface area (Å²) in [6.07, 6.45) is -1.64. The second-order valence-corrected chi connectivity index (χ2v) is 9.50. The summed E-state index contributed by atoms with van der Waals surface area (Å²) in [5.74, 6) is -0.0436. The minimum absolute atomic E-state index is 0.0531. The Labute approximate surface area is 189 Å². The minimum Gasteiger partial charge on any atom is -0.446 e. The lowest BCUT2D eigenvalue weighted by Crippen LogP contribution is -2.84. The van der Waals surface area contributed by atoms with E-state index in [0.29, 0.717) is 30.7 Å². The highest BCUT2D eigenvalue weighted by Crippen LogP contribution is 2.64.